The standard InChI is InChI=1S/C8H14N2O3/c1-8(2,5-11)10-4-3-6(9)7(12)13/h3-4,11H,5,9H2,1-2H3,(H,12,13). The topological polar surface area (TPSA) is 95.9 Å². The molecule has 0 saturated heterocycles. The Morgan fingerprint density at radius 2 is 2.15 bits per heavy atom. The molecule has 0 saturated carbocycles. The molecule has 0 aliphatic heterocycles. The molecule has 0 amide bonds. The molecule has 5 nitrogen and oxygen atoms in total. The molecule has 0 aromatic carbocycles. The number of allylic oxidation sites excluding steroid dienone is 1. The number of carboxylic acid groups (broad SMARTS) is 1. The van der Waals surface area contributed by atoms with Crippen LogP contribution in [0.25, 0.3) is 0 Å². The van der Waals surface area contributed by atoms with Gasteiger partial charge >= 0.3 is 5.97 Å². The van der Waals surface area contributed by atoms with Gasteiger partial charge in [-0.1, -0.05) is 0 Å². The van der Waals surface area contributed by atoms with E-state index in [0.29, 0.717) is 0 Å². The summed E-state index contributed by atoms with van der Waals surface area (Å²) < 4.78 is 0. The average molecular weight is 186 g/mol. The molecule has 0 heterocycles. The van der Waals surface area contributed by atoms with Crippen LogP contribution in [0.2, 0.25) is 0 Å². The maximum atomic E-state index is 10.2. The number of carbonyl (C=O) groups is 1. The summed E-state index contributed by atoms with van der Waals surface area (Å²) in [6, 6.07) is 0. The smallest absolute Gasteiger partial charge is 0.351 e. The maximum absolute atomic E-state index is 10.2. The number of nitrogens with two attached hydrogens (primary N) is 1. The lowest BCUT2D eigenvalue weighted by Gasteiger charge is -2.14. The van der Waals surface area contributed by atoms with E-state index < -0.39 is 11.5 Å². The zero-order valence-corrected chi connectivity index (χ0v) is 7.69. The molecular weight excluding hydrogens is 172 g/mol. The number of aliphatic hydroxyl groups excluding tert-OH is 1. The Balaban J connectivity index is 4.31. The van der Waals surface area contributed by atoms with Gasteiger partial charge in [-0.2, -0.15) is 0 Å². The highest BCUT2D eigenvalue weighted by atomic mass is 16.4. The second-order valence-corrected chi connectivity index (χ2v) is 3.18. The second kappa shape index (κ2) is 4.61. The highest BCUT2D eigenvalue weighted by Crippen LogP contribution is 2.05. The summed E-state index contributed by atoms with van der Waals surface area (Å²) in [4.78, 5) is 14.1. The summed E-state index contributed by atoms with van der Waals surface area (Å²) in [7, 11) is 0. The molecule has 0 aliphatic carbocycles. The van der Waals surface area contributed by atoms with Gasteiger partial charge in [0.05, 0.1) is 12.1 Å². The lowest BCUT2D eigenvalue weighted by atomic mass is 10.1. The third-order valence-corrected chi connectivity index (χ3v) is 1.31. The quantitative estimate of drug-likeness (QED) is 0.417. The minimum atomic E-state index is -1.19. The van der Waals surface area contributed by atoms with Crippen LogP contribution in [0.15, 0.2) is 16.8 Å². The van der Waals surface area contributed by atoms with E-state index >= 15 is 0 Å². The van der Waals surface area contributed by atoms with Crippen molar-refractivity contribution in [3.63, 3.8) is 0 Å². The largest absolute Gasteiger partial charge is 0.477 e. The zero-order valence-electron chi connectivity index (χ0n) is 7.69. The van der Waals surface area contributed by atoms with Gasteiger partial charge in [-0.15, -0.1) is 0 Å². The zero-order chi connectivity index (χ0) is 10.5. The Kier molecular flexibility index (Phi) is 4.13. The minimum absolute atomic E-state index is 0.107. The van der Waals surface area contributed by atoms with E-state index in [-0.39, 0.29) is 12.3 Å². The summed E-state index contributed by atoms with van der Waals surface area (Å²) in [6.07, 6.45) is 2.46. The van der Waals surface area contributed by atoms with Gasteiger partial charge in [0.1, 0.15) is 5.70 Å². The van der Waals surface area contributed by atoms with Crippen LogP contribution in [0.1, 0.15) is 13.8 Å². The van der Waals surface area contributed by atoms with E-state index in [1.807, 2.05) is 0 Å². The van der Waals surface area contributed by atoms with Crippen LogP contribution >= 0.6 is 0 Å². The van der Waals surface area contributed by atoms with Crippen molar-refractivity contribution < 1.29 is 15.0 Å². The van der Waals surface area contributed by atoms with Crippen molar-refractivity contribution >= 4 is 12.2 Å². The summed E-state index contributed by atoms with van der Waals surface area (Å²) in [5, 5.41) is 17.2. The molecule has 0 spiro atoms. The Labute approximate surface area is 76.6 Å². The fraction of sp³-hybridized carbons (Fsp3) is 0.500. The van der Waals surface area contributed by atoms with Crippen LogP contribution in [0.5, 0.6) is 0 Å². The van der Waals surface area contributed by atoms with Gasteiger partial charge in [0.2, 0.25) is 0 Å². The summed E-state index contributed by atoms with van der Waals surface area (Å²) >= 11 is 0. The average Bonchev–Trinajstić information content (AvgIpc) is 2.04. The van der Waals surface area contributed by atoms with Crippen LogP contribution in [0.3, 0.4) is 0 Å². The Morgan fingerprint density at radius 3 is 2.54 bits per heavy atom. The normalized spacial score (nSPS) is 13.6. The van der Waals surface area contributed by atoms with Gasteiger partial charge in [0.15, 0.2) is 0 Å². The summed E-state index contributed by atoms with van der Waals surface area (Å²) in [5.41, 5.74) is 4.21. The van der Waals surface area contributed by atoms with E-state index in [0.717, 1.165) is 0 Å². The van der Waals surface area contributed by atoms with Gasteiger partial charge in [-0.05, 0) is 19.9 Å². The van der Waals surface area contributed by atoms with Crippen molar-refractivity contribution in [1.29, 1.82) is 0 Å². The molecule has 4 N–H and O–H groups in total. The van der Waals surface area contributed by atoms with Crippen molar-refractivity contribution in [2.75, 3.05) is 6.61 Å². The SMILES string of the molecule is CC(C)(CO)N=CC=C(N)C(=O)O. The highest BCUT2D eigenvalue weighted by Gasteiger charge is 2.11. The third kappa shape index (κ3) is 4.97. The van der Waals surface area contributed by atoms with E-state index in [1.165, 1.54) is 12.3 Å². The molecule has 0 radical (unpaired) electrons. The van der Waals surface area contributed by atoms with Crippen LogP contribution in [-0.2, 0) is 4.79 Å². The van der Waals surface area contributed by atoms with Crippen LogP contribution in [0.4, 0.5) is 0 Å². The molecule has 0 unspecified atom stereocenters. The van der Waals surface area contributed by atoms with Gasteiger partial charge < -0.3 is 15.9 Å². The Hall–Kier alpha value is -1.36. The van der Waals surface area contributed by atoms with Crippen LogP contribution < -0.4 is 5.73 Å². The molecular formula is C8H14N2O3. The van der Waals surface area contributed by atoms with E-state index in [4.69, 9.17) is 15.9 Å². The van der Waals surface area contributed by atoms with Crippen molar-refractivity contribution in [3.05, 3.63) is 11.8 Å². The van der Waals surface area contributed by atoms with Gasteiger partial charge in [-0.25, -0.2) is 4.79 Å². The Bertz CT molecular complexity index is 244. The molecule has 0 rings (SSSR count). The predicted molar refractivity (Wildman–Crippen MR) is 49.6 cm³/mol. The first-order valence-electron chi connectivity index (χ1n) is 3.74. The number of aliphatic imine (C=N–C) groups is 1. The number of aliphatic hydroxyl groups is 1. The highest BCUT2D eigenvalue weighted by molar-refractivity contribution is 5.91. The fourth-order valence-electron chi connectivity index (χ4n) is 0.431. The minimum Gasteiger partial charge on any atom is -0.477 e. The number of rotatable bonds is 4. The van der Waals surface area contributed by atoms with Crippen molar-refractivity contribution in [2.45, 2.75) is 19.4 Å². The molecule has 0 fully saturated rings. The molecule has 74 valence electrons. The van der Waals surface area contributed by atoms with Crippen LogP contribution in [-0.4, -0.2) is 34.5 Å². The molecule has 5 heteroatoms. The number of hydrogen-bond acceptors (Lipinski definition) is 4. The molecule has 0 aromatic heterocycles. The second-order valence-electron chi connectivity index (χ2n) is 3.18. The first-order valence-corrected chi connectivity index (χ1v) is 3.74. The summed E-state index contributed by atoms with van der Waals surface area (Å²) in [6.45, 7) is 3.33. The first-order chi connectivity index (χ1) is 5.89. The number of aliphatic carboxylic acids is 1. The Morgan fingerprint density at radius 1 is 1.62 bits per heavy atom. The van der Waals surface area contributed by atoms with E-state index in [1.54, 1.807) is 13.8 Å². The fourth-order valence-corrected chi connectivity index (χ4v) is 0.431. The monoisotopic (exact) mass is 186 g/mol. The van der Waals surface area contributed by atoms with Crippen molar-refractivity contribution in [2.24, 2.45) is 10.7 Å². The lowest BCUT2D eigenvalue weighted by Crippen LogP contribution is -2.21. The molecule has 0 aliphatic rings. The first kappa shape index (κ1) is 11.6. The molecule has 0 bridgehead atoms. The lowest BCUT2D eigenvalue weighted by molar-refractivity contribution is -0.132. The number of carboxylic acids is 1. The van der Waals surface area contributed by atoms with E-state index in [9.17, 15) is 4.79 Å². The third-order valence-electron chi connectivity index (χ3n) is 1.31. The number of hydrogen-bond donors (Lipinski definition) is 3. The van der Waals surface area contributed by atoms with Gasteiger partial charge in [0.25, 0.3) is 0 Å². The molecule has 0 aromatic rings. The maximum Gasteiger partial charge on any atom is 0.351 e. The van der Waals surface area contributed by atoms with Gasteiger partial charge in [0, 0.05) is 6.21 Å². The predicted octanol–water partition coefficient (Wildman–Crippen LogP) is -0.245. The van der Waals surface area contributed by atoms with Crippen molar-refractivity contribution in [3.8, 4) is 0 Å². The number of nitrogens with zero attached hydrogens (tertiary/aromatic N) is 1. The van der Waals surface area contributed by atoms with E-state index in [2.05, 4.69) is 4.99 Å². The molecule has 13 heavy (non-hydrogen) atoms. The van der Waals surface area contributed by atoms with Crippen LogP contribution in [0, 0.1) is 0 Å². The van der Waals surface area contributed by atoms with Gasteiger partial charge in [-0.3, -0.25) is 4.99 Å². The summed E-state index contributed by atoms with van der Waals surface area (Å²) in [5.74, 6) is -1.19. The molecule has 0 atom stereocenters. The van der Waals surface area contributed by atoms with Crippen molar-refractivity contribution in [1.82, 2.24) is 0 Å².